The van der Waals surface area contributed by atoms with Gasteiger partial charge in [0, 0.05) is 13.1 Å². The molecule has 1 heterocycles. The van der Waals surface area contributed by atoms with Crippen molar-refractivity contribution in [3.8, 4) is 0 Å². The number of piperidine rings is 1. The normalized spacial score (nSPS) is 21.8. The fourth-order valence-corrected chi connectivity index (χ4v) is 3.50. The molecule has 1 aromatic carbocycles. The summed E-state index contributed by atoms with van der Waals surface area (Å²) in [7, 11) is 0. The van der Waals surface area contributed by atoms with Gasteiger partial charge in [0.2, 0.25) is 5.91 Å². The van der Waals surface area contributed by atoms with Crippen molar-refractivity contribution in [1.29, 1.82) is 0 Å². The van der Waals surface area contributed by atoms with Gasteiger partial charge in [0.15, 0.2) is 0 Å². The first-order valence-corrected chi connectivity index (χ1v) is 7.59. The van der Waals surface area contributed by atoms with Crippen LogP contribution in [0.4, 0.5) is 0 Å². The molecule has 2 nitrogen and oxygen atoms in total. The van der Waals surface area contributed by atoms with Crippen LogP contribution in [-0.4, -0.2) is 23.9 Å². The molecular weight excluding hydrogens is 234 g/mol. The van der Waals surface area contributed by atoms with E-state index in [0.29, 0.717) is 5.91 Å². The number of aryl methyl sites for hydroxylation is 1. The SMILES string of the molecule is Cc1cccc(C2(C(=O)N3CCCCC3)CCC2)c1. The lowest BCUT2D eigenvalue weighted by Crippen LogP contribution is -2.52. The second-order valence-electron chi connectivity index (χ2n) is 6.16. The quantitative estimate of drug-likeness (QED) is 0.795. The molecule has 2 fully saturated rings. The third kappa shape index (κ3) is 2.18. The molecule has 1 saturated heterocycles. The van der Waals surface area contributed by atoms with Crippen LogP contribution >= 0.6 is 0 Å². The maximum Gasteiger partial charge on any atom is 0.233 e. The van der Waals surface area contributed by atoms with Crippen LogP contribution in [-0.2, 0) is 10.2 Å². The molecule has 19 heavy (non-hydrogen) atoms. The summed E-state index contributed by atoms with van der Waals surface area (Å²) in [5.74, 6) is 0.393. The zero-order chi connectivity index (χ0) is 13.3. The summed E-state index contributed by atoms with van der Waals surface area (Å²) in [6, 6.07) is 8.56. The van der Waals surface area contributed by atoms with Gasteiger partial charge in [-0.15, -0.1) is 0 Å². The van der Waals surface area contributed by atoms with E-state index >= 15 is 0 Å². The Morgan fingerprint density at radius 3 is 2.42 bits per heavy atom. The van der Waals surface area contributed by atoms with Crippen LogP contribution < -0.4 is 0 Å². The van der Waals surface area contributed by atoms with E-state index in [0.717, 1.165) is 25.9 Å². The predicted molar refractivity (Wildman–Crippen MR) is 77.1 cm³/mol. The summed E-state index contributed by atoms with van der Waals surface area (Å²) in [6.07, 6.45) is 6.89. The topological polar surface area (TPSA) is 20.3 Å². The first-order valence-electron chi connectivity index (χ1n) is 7.59. The van der Waals surface area contributed by atoms with Crippen molar-refractivity contribution in [2.75, 3.05) is 13.1 Å². The van der Waals surface area contributed by atoms with E-state index in [1.54, 1.807) is 0 Å². The third-order valence-corrected chi connectivity index (χ3v) is 4.83. The first kappa shape index (κ1) is 12.7. The van der Waals surface area contributed by atoms with Crippen molar-refractivity contribution < 1.29 is 4.79 Å². The zero-order valence-electron chi connectivity index (χ0n) is 11.8. The fraction of sp³-hybridized carbons (Fsp3) is 0.588. The highest BCUT2D eigenvalue weighted by Gasteiger charge is 2.47. The Hall–Kier alpha value is -1.31. The Morgan fingerprint density at radius 2 is 1.84 bits per heavy atom. The summed E-state index contributed by atoms with van der Waals surface area (Å²) in [5, 5.41) is 0. The van der Waals surface area contributed by atoms with Gasteiger partial charge in [0.05, 0.1) is 5.41 Å². The van der Waals surface area contributed by atoms with Gasteiger partial charge >= 0.3 is 0 Å². The summed E-state index contributed by atoms with van der Waals surface area (Å²) in [6.45, 7) is 4.04. The maximum atomic E-state index is 12.9. The average Bonchev–Trinajstić information content (AvgIpc) is 2.38. The van der Waals surface area contributed by atoms with Gasteiger partial charge in [-0.2, -0.15) is 0 Å². The Bertz CT molecular complexity index is 470. The fourth-order valence-electron chi connectivity index (χ4n) is 3.50. The molecule has 0 aromatic heterocycles. The Balaban J connectivity index is 1.88. The smallest absolute Gasteiger partial charge is 0.233 e. The minimum absolute atomic E-state index is 0.191. The standard InChI is InChI=1S/C17H23NO/c1-14-7-5-8-15(13-14)17(9-6-10-17)16(19)18-11-3-2-4-12-18/h5,7-8,13H,2-4,6,9-12H2,1H3. The number of benzene rings is 1. The largest absolute Gasteiger partial charge is 0.342 e. The lowest BCUT2D eigenvalue weighted by Gasteiger charge is -2.45. The molecule has 0 radical (unpaired) electrons. The van der Waals surface area contributed by atoms with Crippen LogP contribution in [0, 0.1) is 6.92 Å². The molecule has 102 valence electrons. The van der Waals surface area contributed by atoms with Crippen molar-refractivity contribution >= 4 is 5.91 Å². The van der Waals surface area contributed by atoms with Crippen LogP contribution in [0.1, 0.15) is 49.7 Å². The van der Waals surface area contributed by atoms with E-state index in [-0.39, 0.29) is 5.41 Å². The number of likely N-dealkylation sites (tertiary alicyclic amines) is 1. The molecule has 0 unspecified atom stereocenters. The van der Waals surface area contributed by atoms with Gasteiger partial charge < -0.3 is 4.90 Å². The van der Waals surface area contributed by atoms with Crippen LogP contribution in [0.2, 0.25) is 0 Å². The van der Waals surface area contributed by atoms with E-state index < -0.39 is 0 Å². The molecule has 2 heteroatoms. The van der Waals surface area contributed by atoms with Gasteiger partial charge in [0.25, 0.3) is 0 Å². The molecular formula is C17H23NO. The van der Waals surface area contributed by atoms with Gasteiger partial charge in [-0.3, -0.25) is 4.79 Å². The van der Waals surface area contributed by atoms with Crippen molar-refractivity contribution in [2.45, 2.75) is 50.9 Å². The van der Waals surface area contributed by atoms with Crippen molar-refractivity contribution in [2.24, 2.45) is 0 Å². The first-order chi connectivity index (χ1) is 9.22. The number of amides is 1. The lowest BCUT2D eigenvalue weighted by atomic mass is 9.63. The Morgan fingerprint density at radius 1 is 1.11 bits per heavy atom. The minimum atomic E-state index is -0.191. The maximum absolute atomic E-state index is 12.9. The molecule has 2 aliphatic rings. The second kappa shape index (κ2) is 4.99. The number of hydrogen-bond donors (Lipinski definition) is 0. The highest BCUT2D eigenvalue weighted by atomic mass is 16.2. The average molecular weight is 257 g/mol. The van der Waals surface area contributed by atoms with E-state index in [9.17, 15) is 4.79 Å². The number of carbonyl (C=O) groups is 1. The van der Waals surface area contributed by atoms with Gasteiger partial charge in [-0.25, -0.2) is 0 Å². The third-order valence-electron chi connectivity index (χ3n) is 4.83. The summed E-state index contributed by atoms with van der Waals surface area (Å²) in [4.78, 5) is 15.1. The molecule has 1 aliphatic carbocycles. The molecule has 0 atom stereocenters. The number of nitrogens with zero attached hydrogens (tertiary/aromatic N) is 1. The molecule has 0 bridgehead atoms. The predicted octanol–water partition coefficient (Wildman–Crippen LogP) is 3.43. The highest BCUT2D eigenvalue weighted by Crippen LogP contribution is 2.45. The Labute approximate surface area is 115 Å². The van der Waals surface area contributed by atoms with Crippen molar-refractivity contribution in [1.82, 2.24) is 4.90 Å². The van der Waals surface area contributed by atoms with E-state index in [1.165, 1.54) is 36.8 Å². The number of hydrogen-bond acceptors (Lipinski definition) is 1. The summed E-state index contributed by atoms with van der Waals surface area (Å²) in [5.41, 5.74) is 2.31. The van der Waals surface area contributed by atoms with Crippen LogP contribution in [0.5, 0.6) is 0 Å². The van der Waals surface area contributed by atoms with Crippen molar-refractivity contribution in [3.63, 3.8) is 0 Å². The van der Waals surface area contributed by atoms with Crippen LogP contribution in [0.25, 0.3) is 0 Å². The van der Waals surface area contributed by atoms with Gasteiger partial charge in [0.1, 0.15) is 0 Å². The molecule has 1 aromatic rings. The lowest BCUT2D eigenvalue weighted by molar-refractivity contribution is -0.141. The molecule has 0 N–H and O–H groups in total. The second-order valence-corrected chi connectivity index (χ2v) is 6.16. The number of carbonyl (C=O) groups excluding carboxylic acids is 1. The highest BCUT2D eigenvalue weighted by molar-refractivity contribution is 5.89. The molecule has 1 saturated carbocycles. The minimum Gasteiger partial charge on any atom is -0.342 e. The van der Waals surface area contributed by atoms with E-state index in [2.05, 4.69) is 36.1 Å². The monoisotopic (exact) mass is 257 g/mol. The zero-order valence-corrected chi connectivity index (χ0v) is 11.8. The van der Waals surface area contributed by atoms with Crippen LogP contribution in [0.15, 0.2) is 24.3 Å². The summed E-state index contributed by atoms with van der Waals surface area (Å²) < 4.78 is 0. The van der Waals surface area contributed by atoms with Gasteiger partial charge in [-0.05, 0) is 44.6 Å². The number of rotatable bonds is 2. The molecule has 1 aliphatic heterocycles. The van der Waals surface area contributed by atoms with Gasteiger partial charge in [-0.1, -0.05) is 36.2 Å². The van der Waals surface area contributed by atoms with Crippen LogP contribution in [0.3, 0.4) is 0 Å². The molecule has 3 rings (SSSR count). The van der Waals surface area contributed by atoms with E-state index in [4.69, 9.17) is 0 Å². The molecule has 0 spiro atoms. The van der Waals surface area contributed by atoms with E-state index in [1.807, 2.05) is 0 Å². The van der Waals surface area contributed by atoms with Crippen molar-refractivity contribution in [3.05, 3.63) is 35.4 Å². The summed E-state index contributed by atoms with van der Waals surface area (Å²) >= 11 is 0. The molecule has 1 amide bonds. The Kier molecular flexibility index (Phi) is 3.34.